The second kappa shape index (κ2) is 4.24. The maximum absolute atomic E-state index is 12.0. The summed E-state index contributed by atoms with van der Waals surface area (Å²) in [7, 11) is -3.52. The highest BCUT2D eigenvalue weighted by Gasteiger charge is 2.37. The maximum atomic E-state index is 12.0. The fourth-order valence-corrected chi connectivity index (χ4v) is 3.63. The number of rotatable bonds is 3. The van der Waals surface area contributed by atoms with Crippen molar-refractivity contribution in [1.29, 1.82) is 0 Å². The largest absolute Gasteiger partial charge is 0.351 e. The van der Waals surface area contributed by atoms with Crippen molar-refractivity contribution in [3.63, 3.8) is 0 Å². The Hall–Kier alpha value is -1.07. The first-order valence-corrected chi connectivity index (χ1v) is 7.88. The van der Waals surface area contributed by atoms with Crippen LogP contribution in [0.2, 0.25) is 0 Å². The van der Waals surface area contributed by atoms with Crippen LogP contribution in [0, 0.1) is 0 Å². The third kappa shape index (κ3) is 1.91. The standard InChI is InChI=1S/C12H13ClN2O2S/c13-7-8-15(9-5-6-9)12-10-3-1-2-4-11(10)18(16,17)14-12/h1-4,9H,5-8H2. The highest BCUT2D eigenvalue weighted by molar-refractivity contribution is 7.90. The number of halogens is 1. The van der Waals surface area contributed by atoms with E-state index < -0.39 is 10.0 Å². The van der Waals surface area contributed by atoms with Crippen LogP contribution >= 0.6 is 11.6 Å². The van der Waals surface area contributed by atoms with Crippen molar-refractivity contribution < 1.29 is 8.42 Å². The summed E-state index contributed by atoms with van der Waals surface area (Å²) in [5.74, 6) is 1.03. The fourth-order valence-electron chi connectivity index (χ4n) is 2.23. The second-order valence-corrected chi connectivity index (χ2v) is 6.45. The Labute approximate surface area is 111 Å². The molecule has 18 heavy (non-hydrogen) atoms. The first kappa shape index (κ1) is 12.0. The van der Waals surface area contributed by atoms with Gasteiger partial charge in [0, 0.05) is 24.0 Å². The van der Waals surface area contributed by atoms with Gasteiger partial charge in [0.15, 0.2) is 5.84 Å². The summed E-state index contributed by atoms with van der Waals surface area (Å²) >= 11 is 5.80. The van der Waals surface area contributed by atoms with Gasteiger partial charge in [-0.25, -0.2) is 0 Å². The van der Waals surface area contributed by atoms with Gasteiger partial charge in [-0.05, 0) is 25.0 Å². The van der Waals surface area contributed by atoms with Crippen molar-refractivity contribution in [2.24, 2.45) is 4.40 Å². The van der Waals surface area contributed by atoms with Gasteiger partial charge < -0.3 is 4.90 Å². The summed E-state index contributed by atoms with van der Waals surface area (Å²) in [4.78, 5) is 2.33. The minimum absolute atomic E-state index is 0.306. The summed E-state index contributed by atoms with van der Waals surface area (Å²) in [5, 5.41) is 0. The van der Waals surface area contributed by atoms with Gasteiger partial charge in [-0.2, -0.15) is 8.42 Å². The predicted molar refractivity (Wildman–Crippen MR) is 70.6 cm³/mol. The van der Waals surface area contributed by atoms with E-state index in [2.05, 4.69) is 4.40 Å². The van der Waals surface area contributed by atoms with E-state index in [1.165, 1.54) is 0 Å². The third-order valence-corrected chi connectivity index (χ3v) is 4.69. The molecule has 2 aliphatic rings. The van der Waals surface area contributed by atoms with Gasteiger partial charge in [0.05, 0.1) is 0 Å². The third-order valence-electron chi connectivity index (χ3n) is 3.20. The quantitative estimate of drug-likeness (QED) is 0.796. The highest BCUT2D eigenvalue weighted by Crippen LogP contribution is 2.33. The molecule has 0 radical (unpaired) electrons. The molecule has 1 saturated carbocycles. The molecule has 1 aromatic carbocycles. The molecular weight excluding hydrogens is 272 g/mol. The van der Waals surface area contributed by atoms with E-state index in [0.717, 1.165) is 12.8 Å². The number of sulfonamides is 1. The lowest BCUT2D eigenvalue weighted by atomic mass is 10.2. The summed E-state index contributed by atoms with van der Waals surface area (Å²) in [6.45, 7) is 0.634. The first-order valence-electron chi connectivity index (χ1n) is 5.90. The molecule has 4 nitrogen and oxygen atoms in total. The van der Waals surface area contributed by atoms with Gasteiger partial charge in [0.25, 0.3) is 10.0 Å². The fraction of sp³-hybridized carbons (Fsp3) is 0.417. The summed E-state index contributed by atoms with van der Waals surface area (Å²) < 4.78 is 27.9. The van der Waals surface area contributed by atoms with E-state index in [-0.39, 0.29) is 0 Å². The molecule has 1 heterocycles. The van der Waals surface area contributed by atoms with Crippen molar-refractivity contribution in [3.8, 4) is 0 Å². The van der Waals surface area contributed by atoms with Crippen molar-refractivity contribution >= 4 is 27.5 Å². The van der Waals surface area contributed by atoms with Crippen molar-refractivity contribution in [2.75, 3.05) is 12.4 Å². The molecule has 1 aromatic rings. The highest BCUT2D eigenvalue weighted by atomic mass is 35.5. The van der Waals surface area contributed by atoms with Gasteiger partial charge >= 0.3 is 0 Å². The van der Waals surface area contributed by atoms with E-state index >= 15 is 0 Å². The molecule has 3 rings (SSSR count). The van der Waals surface area contributed by atoms with Crippen LogP contribution in [-0.4, -0.2) is 37.6 Å². The molecule has 1 fully saturated rings. The van der Waals surface area contributed by atoms with E-state index in [1.807, 2.05) is 17.0 Å². The van der Waals surface area contributed by atoms with Crippen LogP contribution in [0.3, 0.4) is 0 Å². The van der Waals surface area contributed by atoms with Crippen molar-refractivity contribution in [2.45, 2.75) is 23.8 Å². The molecule has 0 bridgehead atoms. The molecule has 0 spiro atoms. The van der Waals surface area contributed by atoms with Crippen LogP contribution in [0.15, 0.2) is 33.6 Å². The lowest BCUT2D eigenvalue weighted by Gasteiger charge is -2.23. The molecule has 1 aliphatic heterocycles. The van der Waals surface area contributed by atoms with Gasteiger partial charge in [-0.1, -0.05) is 12.1 Å². The summed E-state index contributed by atoms with van der Waals surface area (Å²) in [6, 6.07) is 7.36. The van der Waals surface area contributed by atoms with Crippen LogP contribution in [0.4, 0.5) is 0 Å². The van der Waals surface area contributed by atoms with E-state index in [0.29, 0.717) is 34.8 Å². The van der Waals surface area contributed by atoms with E-state index in [9.17, 15) is 8.42 Å². The zero-order valence-corrected chi connectivity index (χ0v) is 11.3. The minimum atomic E-state index is -3.52. The monoisotopic (exact) mass is 284 g/mol. The van der Waals surface area contributed by atoms with Gasteiger partial charge in [-0.3, -0.25) is 0 Å². The van der Waals surface area contributed by atoms with Crippen LogP contribution in [0.25, 0.3) is 0 Å². The second-order valence-electron chi connectivity index (χ2n) is 4.50. The number of hydrogen-bond donors (Lipinski definition) is 0. The number of fused-ring (bicyclic) bond motifs is 1. The number of alkyl halides is 1. The number of amidine groups is 1. The zero-order chi connectivity index (χ0) is 12.8. The number of nitrogens with zero attached hydrogens (tertiary/aromatic N) is 2. The Kier molecular flexibility index (Phi) is 2.83. The van der Waals surface area contributed by atoms with Gasteiger partial charge in [-0.15, -0.1) is 16.0 Å². The molecule has 0 aromatic heterocycles. The molecule has 0 atom stereocenters. The van der Waals surface area contributed by atoms with Crippen molar-refractivity contribution in [3.05, 3.63) is 29.8 Å². The molecule has 0 saturated heterocycles. The summed E-state index contributed by atoms with van der Waals surface area (Å²) in [5.41, 5.74) is 0.703. The zero-order valence-electron chi connectivity index (χ0n) is 9.71. The Morgan fingerprint density at radius 3 is 2.72 bits per heavy atom. The lowest BCUT2D eigenvalue weighted by Crippen LogP contribution is -2.34. The van der Waals surface area contributed by atoms with Crippen molar-refractivity contribution in [1.82, 2.24) is 4.90 Å². The van der Waals surface area contributed by atoms with Crippen LogP contribution in [-0.2, 0) is 10.0 Å². The van der Waals surface area contributed by atoms with E-state index in [1.54, 1.807) is 12.1 Å². The molecule has 6 heteroatoms. The average Bonchev–Trinajstić information content (AvgIpc) is 3.14. The average molecular weight is 285 g/mol. The Balaban J connectivity index is 2.07. The Morgan fingerprint density at radius 1 is 1.33 bits per heavy atom. The van der Waals surface area contributed by atoms with E-state index in [4.69, 9.17) is 11.6 Å². The topological polar surface area (TPSA) is 49.7 Å². The Bertz CT molecular complexity index is 608. The van der Waals surface area contributed by atoms with Crippen LogP contribution < -0.4 is 0 Å². The predicted octanol–water partition coefficient (Wildman–Crippen LogP) is 1.84. The molecule has 0 amide bonds. The molecular formula is C12H13ClN2O2S. The number of benzene rings is 1. The number of hydrogen-bond acceptors (Lipinski definition) is 3. The lowest BCUT2D eigenvalue weighted by molar-refractivity contribution is 0.435. The van der Waals surface area contributed by atoms with Gasteiger partial charge in [0.1, 0.15) is 4.90 Å². The molecule has 96 valence electrons. The van der Waals surface area contributed by atoms with Gasteiger partial charge in [0.2, 0.25) is 0 Å². The smallest absolute Gasteiger partial charge is 0.285 e. The van der Waals surface area contributed by atoms with Crippen LogP contribution in [0.1, 0.15) is 18.4 Å². The molecule has 0 N–H and O–H groups in total. The SMILES string of the molecule is O=S1(=O)N=C(N(CCCl)C2CC2)c2ccccc21. The molecule has 1 aliphatic carbocycles. The maximum Gasteiger partial charge on any atom is 0.285 e. The Morgan fingerprint density at radius 2 is 2.06 bits per heavy atom. The molecule has 0 unspecified atom stereocenters. The van der Waals surface area contributed by atoms with Crippen LogP contribution in [0.5, 0.6) is 0 Å². The summed E-state index contributed by atoms with van der Waals surface area (Å²) in [6.07, 6.45) is 2.16. The normalized spacial score (nSPS) is 20.4. The minimum Gasteiger partial charge on any atom is -0.351 e. The first-order chi connectivity index (χ1) is 8.63.